The highest BCUT2D eigenvalue weighted by Crippen LogP contribution is 2.17. The number of aromatic nitrogens is 4. The van der Waals surface area contributed by atoms with Gasteiger partial charge in [0.05, 0.1) is 11.9 Å². The minimum Gasteiger partial charge on any atom is -0.325 e. The highest BCUT2D eigenvalue weighted by molar-refractivity contribution is 5.97. The molecule has 0 aliphatic rings. The Morgan fingerprint density at radius 3 is 2.67 bits per heavy atom. The van der Waals surface area contributed by atoms with Crippen molar-refractivity contribution in [3.05, 3.63) is 82.5 Å². The third-order valence-corrected chi connectivity index (χ3v) is 4.76. The number of aryl methyl sites for hydroxylation is 1. The maximum Gasteiger partial charge on any atom is 0.264 e. The van der Waals surface area contributed by atoms with E-state index >= 15 is 0 Å². The van der Waals surface area contributed by atoms with Crippen molar-refractivity contribution in [2.24, 2.45) is 0 Å². The molecule has 1 N–H and O–H groups in total. The third-order valence-electron chi connectivity index (χ3n) is 4.76. The van der Waals surface area contributed by atoms with Gasteiger partial charge in [0.2, 0.25) is 5.91 Å². The number of rotatable bonds is 5. The highest BCUT2D eigenvalue weighted by atomic mass is 16.2. The van der Waals surface area contributed by atoms with Gasteiger partial charge in [0.25, 0.3) is 5.56 Å². The number of fused-ring (bicyclic) bond motifs is 1. The monoisotopic (exact) mass is 401 g/mol. The molecule has 1 amide bonds. The topological polar surface area (TPSA) is 98.9 Å². The van der Waals surface area contributed by atoms with Crippen LogP contribution in [0.15, 0.2) is 65.8 Å². The van der Waals surface area contributed by atoms with Gasteiger partial charge in [0.15, 0.2) is 11.4 Å². The molecule has 0 fully saturated rings. The van der Waals surface area contributed by atoms with Gasteiger partial charge >= 0.3 is 0 Å². The van der Waals surface area contributed by atoms with Crippen LogP contribution in [-0.2, 0) is 11.3 Å². The zero-order valence-corrected chi connectivity index (χ0v) is 16.5. The van der Waals surface area contributed by atoms with Gasteiger partial charge < -0.3 is 5.32 Å². The standard InChI is InChI=1S/C22H19N5O3/c1-14-6-3-4-9-19(14)27-21-18(11-24-27)22(30)26(13-23-21)12-20(29)25-17-8-5-7-16(10-17)15(2)28/h3-11,13H,12H2,1-2H3,(H,25,29). The van der Waals surface area contributed by atoms with Gasteiger partial charge in [-0.05, 0) is 37.6 Å². The number of Topliss-reactive ketones (excluding diaryl/α,β-unsaturated/α-hetero) is 1. The van der Waals surface area contributed by atoms with Gasteiger partial charge in [0.1, 0.15) is 18.3 Å². The fourth-order valence-electron chi connectivity index (χ4n) is 3.21. The Labute approximate surface area is 171 Å². The molecule has 4 rings (SSSR count). The Morgan fingerprint density at radius 2 is 1.90 bits per heavy atom. The third kappa shape index (κ3) is 3.62. The lowest BCUT2D eigenvalue weighted by Gasteiger charge is -2.09. The minimum absolute atomic E-state index is 0.0948. The van der Waals surface area contributed by atoms with Gasteiger partial charge in [-0.1, -0.05) is 30.3 Å². The van der Waals surface area contributed by atoms with E-state index in [1.54, 1.807) is 28.9 Å². The molecular weight excluding hydrogens is 382 g/mol. The van der Waals surface area contributed by atoms with Gasteiger partial charge in [-0.15, -0.1) is 0 Å². The Morgan fingerprint density at radius 1 is 1.10 bits per heavy atom. The van der Waals surface area contributed by atoms with Gasteiger partial charge in [0, 0.05) is 11.3 Å². The van der Waals surface area contributed by atoms with Gasteiger partial charge in [-0.3, -0.25) is 19.0 Å². The number of anilines is 1. The number of hydrogen-bond acceptors (Lipinski definition) is 5. The molecular formula is C22H19N5O3. The van der Waals surface area contributed by atoms with Crippen molar-refractivity contribution in [3.63, 3.8) is 0 Å². The van der Waals surface area contributed by atoms with Crippen LogP contribution in [0, 0.1) is 6.92 Å². The molecule has 0 spiro atoms. The Bertz CT molecular complexity index is 1340. The van der Waals surface area contributed by atoms with Crippen LogP contribution >= 0.6 is 0 Å². The SMILES string of the molecule is CC(=O)c1cccc(NC(=O)Cn2cnc3c(cnn3-c3ccccc3C)c2=O)c1. The molecule has 0 unspecified atom stereocenters. The summed E-state index contributed by atoms with van der Waals surface area (Å²) in [5.41, 5.74) is 2.90. The summed E-state index contributed by atoms with van der Waals surface area (Å²) >= 11 is 0. The van der Waals surface area contributed by atoms with E-state index in [2.05, 4.69) is 15.4 Å². The van der Waals surface area contributed by atoms with Crippen LogP contribution in [0.3, 0.4) is 0 Å². The van der Waals surface area contributed by atoms with Crippen LogP contribution in [0.25, 0.3) is 16.7 Å². The van der Waals surface area contributed by atoms with Crippen LogP contribution in [-0.4, -0.2) is 31.0 Å². The van der Waals surface area contributed by atoms with Crippen LogP contribution in [0.2, 0.25) is 0 Å². The molecule has 2 aromatic heterocycles. The molecule has 150 valence electrons. The molecule has 0 bridgehead atoms. The van der Waals surface area contributed by atoms with Gasteiger partial charge in [-0.2, -0.15) is 5.10 Å². The second kappa shape index (κ2) is 7.75. The zero-order chi connectivity index (χ0) is 21.3. The fourth-order valence-corrected chi connectivity index (χ4v) is 3.21. The van der Waals surface area contributed by atoms with Crippen molar-refractivity contribution >= 4 is 28.4 Å². The minimum atomic E-state index is -0.398. The normalized spacial score (nSPS) is 10.9. The number of nitrogens with zero attached hydrogens (tertiary/aromatic N) is 4. The Balaban J connectivity index is 1.60. The summed E-state index contributed by atoms with van der Waals surface area (Å²) in [6.07, 6.45) is 2.80. The molecule has 30 heavy (non-hydrogen) atoms. The maximum absolute atomic E-state index is 12.8. The molecule has 2 heterocycles. The molecule has 0 atom stereocenters. The Kier molecular flexibility index (Phi) is 4.97. The molecule has 8 heteroatoms. The van der Waals surface area contributed by atoms with E-state index in [9.17, 15) is 14.4 Å². The van der Waals surface area contributed by atoms with Crippen LogP contribution < -0.4 is 10.9 Å². The summed E-state index contributed by atoms with van der Waals surface area (Å²) < 4.78 is 2.85. The largest absolute Gasteiger partial charge is 0.325 e. The van der Waals surface area contributed by atoms with Crippen molar-refractivity contribution in [1.29, 1.82) is 0 Å². The summed E-state index contributed by atoms with van der Waals surface area (Å²) in [6, 6.07) is 14.3. The number of hydrogen-bond donors (Lipinski definition) is 1. The summed E-state index contributed by atoms with van der Waals surface area (Å²) in [6.45, 7) is 3.20. The smallest absolute Gasteiger partial charge is 0.264 e. The lowest BCUT2D eigenvalue weighted by molar-refractivity contribution is -0.116. The predicted molar refractivity (Wildman–Crippen MR) is 113 cm³/mol. The Hall–Kier alpha value is -4.07. The first-order valence-electron chi connectivity index (χ1n) is 9.34. The van der Waals surface area contributed by atoms with E-state index in [0.29, 0.717) is 22.3 Å². The molecule has 0 saturated heterocycles. The maximum atomic E-state index is 12.8. The van der Waals surface area contributed by atoms with E-state index < -0.39 is 5.91 Å². The number of ketones is 1. The van der Waals surface area contributed by atoms with E-state index in [-0.39, 0.29) is 17.9 Å². The lowest BCUT2D eigenvalue weighted by Crippen LogP contribution is -2.27. The molecule has 4 aromatic rings. The highest BCUT2D eigenvalue weighted by Gasteiger charge is 2.14. The quantitative estimate of drug-likeness (QED) is 0.519. The summed E-state index contributed by atoms with van der Waals surface area (Å²) in [5, 5.41) is 7.34. The van der Waals surface area contributed by atoms with E-state index in [1.165, 1.54) is 24.0 Å². The molecule has 0 aliphatic carbocycles. The summed E-state index contributed by atoms with van der Waals surface area (Å²) in [7, 11) is 0. The summed E-state index contributed by atoms with van der Waals surface area (Å²) in [4.78, 5) is 41.1. The van der Waals surface area contributed by atoms with Crippen LogP contribution in [0.4, 0.5) is 5.69 Å². The number of carbonyl (C=O) groups excluding carboxylic acids is 2. The van der Waals surface area contributed by atoms with Crippen molar-refractivity contribution in [3.8, 4) is 5.69 Å². The number of carbonyl (C=O) groups is 2. The first-order valence-corrected chi connectivity index (χ1v) is 9.34. The average Bonchev–Trinajstić information content (AvgIpc) is 3.15. The van der Waals surface area contributed by atoms with Gasteiger partial charge in [-0.25, -0.2) is 9.67 Å². The predicted octanol–water partition coefficient (Wildman–Crippen LogP) is 2.73. The van der Waals surface area contributed by atoms with Crippen molar-refractivity contribution in [2.45, 2.75) is 20.4 Å². The lowest BCUT2D eigenvalue weighted by atomic mass is 10.1. The molecule has 8 nitrogen and oxygen atoms in total. The van der Waals surface area contributed by atoms with E-state index in [0.717, 1.165) is 11.3 Å². The molecule has 0 aliphatic heterocycles. The number of para-hydroxylation sites is 1. The van der Waals surface area contributed by atoms with Crippen molar-refractivity contribution < 1.29 is 9.59 Å². The van der Waals surface area contributed by atoms with Crippen LogP contribution in [0.1, 0.15) is 22.8 Å². The second-order valence-electron chi connectivity index (χ2n) is 6.94. The summed E-state index contributed by atoms with van der Waals surface area (Å²) in [5.74, 6) is -0.493. The average molecular weight is 401 g/mol. The van der Waals surface area contributed by atoms with E-state index in [4.69, 9.17) is 0 Å². The first kappa shape index (κ1) is 19.3. The van der Waals surface area contributed by atoms with Crippen LogP contribution in [0.5, 0.6) is 0 Å². The molecule has 2 aromatic carbocycles. The van der Waals surface area contributed by atoms with E-state index in [1.807, 2.05) is 31.2 Å². The fraction of sp³-hybridized carbons (Fsp3) is 0.136. The molecule has 0 saturated carbocycles. The second-order valence-corrected chi connectivity index (χ2v) is 6.94. The first-order chi connectivity index (χ1) is 14.4. The number of benzene rings is 2. The zero-order valence-electron chi connectivity index (χ0n) is 16.5. The van der Waals surface area contributed by atoms with Crippen molar-refractivity contribution in [2.75, 3.05) is 5.32 Å². The molecule has 0 radical (unpaired) electrons. The number of nitrogens with one attached hydrogen (secondary N) is 1. The van der Waals surface area contributed by atoms with Crippen molar-refractivity contribution in [1.82, 2.24) is 19.3 Å². The number of amides is 1.